The number of benzene rings is 2. The van der Waals surface area contributed by atoms with E-state index < -0.39 is 0 Å². The molecule has 0 bridgehead atoms. The molecule has 0 radical (unpaired) electrons. The Kier molecular flexibility index (Phi) is 18.2. The second-order valence-corrected chi connectivity index (χ2v) is 10.8. The third-order valence-corrected chi connectivity index (χ3v) is 7.18. The number of unbranched alkanes of at least 4 members (excludes halogenated alkanes) is 13. The largest absolute Gasteiger partial charge is 0.872 e. The molecule has 0 saturated heterocycles. The molecule has 0 N–H and O–H groups in total. The highest BCUT2D eigenvalue weighted by molar-refractivity contribution is 5.35. The van der Waals surface area contributed by atoms with Gasteiger partial charge in [0.05, 0.1) is 27.2 Å². The molecule has 35 heavy (non-hydrogen) atoms. The van der Waals surface area contributed by atoms with Gasteiger partial charge in [0.15, 0.2) is 0 Å². The monoisotopic (exact) mass is 481 g/mol. The lowest BCUT2D eigenvalue weighted by Crippen LogP contribution is -2.39. The molecule has 0 aliphatic rings. The summed E-state index contributed by atoms with van der Waals surface area (Å²) in [6.45, 7) is 7.21. The fraction of sp³-hybridized carbons (Fsp3) is 0.636. The predicted octanol–water partition coefficient (Wildman–Crippen LogP) is 8.92. The molecule has 0 saturated carbocycles. The van der Waals surface area contributed by atoms with E-state index in [1.165, 1.54) is 113 Å². The van der Waals surface area contributed by atoms with Gasteiger partial charge in [0, 0.05) is 0 Å². The van der Waals surface area contributed by atoms with Crippen LogP contribution in [0, 0.1) is 0 Å². The lowest BCUT2D eigenvalue weighted by Gasteiger charge is -2.28. The fourth-order valence-electron chi connectivity index (χ4n) is 4.36. The van der Waals surface area contributed by atoms with Crippen LogP contribution >= 0.6 is 0 Å². The molecular formula is C33H55NO. The molecule has 2 nitrogen and oxygen atoms in total. The van der Waals surface area contributed by atoms with Gasteiger partial charge in [-0.05, 0) is 31.7 Å². The number of nitrogens with zero attached hydrogens (tertiary/aromatic N) is 1. The molecule has 0 fully saturated rings. The van der Waals surface area contributed by atoms with E-state index in [1.54, 1.807) is 12.1 Å². The van der Waals surface area contributed by atoms with Crippen molar-refractivity contribution in [1.82, 2.24) is 0 Å². The summed E-state index contributed by atoms with van der Waals surface area (Å²) in [7, 11) is 4.70. The van der Waals surface area contributed by atoms with Crippen molar-refractivity contribution in [2.75, 3.05) is 27.2 Å². The van der Waals surface area contributed by atoms with Crippen LogP contribution in [0.5, 0.6) is 5.75 Å². The van der Waals surface area contributed by atoms with Crippen molar-refractivity contribution >= 4 is 0 Å². The molecular weight excluding hydrogens is 426 g/mol. The van der Waals surface area contributed by atoms with Crippen LogP contribution in [0.3, 0.4) is 0 Å². The van der Waals surface area contributed by atoms with Gasteiger partial charge in [0.25, 0.3) is 0 Å². The number of hydrogen-bond donors (Lipinski definition) is 0. The molecule has 2 rings (SSSR count). The van der Waals surface area contributed by atoms with Crippen LogP contribution in [0.1, 0.15) is 115 Å². The summed E-state index contributed by atoms with van der Waals surface area (Å²) >= 11 is 0. The quantitative estimate of drug-likeness (QED) is 0.154. The highest BCUT2D eigenvalue weighted by Gasteiger charge is 2.09. The van der Waals surface area contributed by atoms with Crippen LogP contribution < -0.4 is 5.11 Å². The normalized spacial score (nSPS) is 11.2. The Morgan fingerprint density at radius 1 is 0.571 bits per heavy atom. The molecule has 0 atom stereocenters. The summed E-state index contributed by atoms with van der Waals surface area (Å²) in [5, 5.41) is 11.4. The van der Waals surface area contributed by atoms with Crippen molar-refractivity contribution in [2.24, 2.45) is 0 Å². The molecule has 2 heteroatoms. The van der Waals surface area contributed by atoms with Gasteiger partial charge in [0.2, 0.25) is 0 Å². The molecule has 0 unspecified atom stereocenters. The molecule has 2 aromatic carbocycles. The minimum atomic E-state index is 0.122. The smallest absolute Gasteiger partial charge is 0.0782 e. The minimum absolute atomic E-state index is 0.122. The van der Waals surface area contributed by atoms with Crippen molar-refractivity contribution in [1.29, 1.82) is 0 Å². The van der Waals surface area contributed by atoms with Crippen molar-refractivity contribution in [3.63, 3.8) is 0 Å². The van der Waals surface area contributed by atoms with E-state index in [9.17, 15) is 5.11 Å². The summed E-state index contributed by atoms with van der Waals surface area (Å²) in [6.07, 6.45) is 21.1. The van der Waals surface area contributed by atoms with Gasteiger partial charge in [-0.3, -0.25) is 0 Å². The number of para-hydroxylation sites is 1. The summed E-state index contributed by atoms with van der Waals surface area (Å²) in [4.78, 5) is 0. The average Bonchev–Trinajstić information content (AvgIpc) is 2.87. The van der Waals surface area contributed by atoms with Gasteiger partial charge < -0.3 is 9.59 Å². The number of hydrogen-bond acceptors (Lipinski definition) is 1. The highest BCUT2D eigenvalue weighted by Crippen LogP contribution is 2.17. The molecule has 0 aliphatic heterocycles. The molecule has 0 heterocycles. The van der Waals surface area contributed by atoms with Crippen LogP contribution in [0.15, 0.2) is 54.6 Å². The zero-order chi connectivity index (χ0) is 25.6. The Balaban J connectivity index is 0.000000375. The molecule has 0 aliphatic carbocycles. The standard InChI is InChI=1S/C20H44N.C13H12O/c1-5-7-8-9-10-11-12-13-14-15-16-17-18-19-20-21(3,4)6-2;14-13-9-5-4-8-12(13)10-11-6-2-1-3-7-11/h5-20H2,1-4H3;1-9,14H,10H2/q+1;/p-1. The lowest BCUT2D eigenvalue weighted by atomic mass is 10.0. The third-order valence-electron chi connectivity index (χ3n) is 7.18. The van der Waals surface area contributed by atoms with Crippen molar-refractivity contribution in [3.8, 4) is 5.75 Å². The molecule has 0 amide bonds. The Labute approximate surface area is 218 Å². The second-order valence-electron chi connectivity index (χ2n) is 10.8. The third kappa shape index (κ3) is 17.3. The zero-order valence-corrected chi connectivity index (χ0v) is 23.6. The van der Waals surface area contributed by atoms with Crippen LogP contribution in [-0.4, -0.2) is 31.7 Å². The van der Waals surface area contributed by atoms with Gasteiger partial charge in [-0.1, -0.05) is 144 Å². The first-order valence-corrected chi connectivity index (χ1v) is 14.6. The Hall–Kier alpha value is -1.80. The molecule has 0 spiro atoms. The van der Waals surface area contributed by atoms with Crippen molar-refractivity contribution in [3.05, 3.63) is 65.7 Å². The van der Waals surface area contributed by atoms with E-state index in [0.29, 0.717) is 0 Å². The maximum Gasteiger partial charge on any atom is 0.0782 e. The minimum Gasteiger partial charge on any atom is -0.872 e. The summed E-state index contributed by atoms with van der Waals surface area (Å²) in [6, 6.07) is 17.2. The lowest BCUT2D eigenvalue weighted by molar-refractivity contribution is -0.888. The first-order chi connectivity index (χ1) is 17.0. The van der Waals surface area contributed by atoms with Crippen molar-refractivity contribution in [2.45, 2.75) is 110 Å². The van der Waals surface area contributed by atoms with Crippen LogP contribution in [0.4, 0.5) is 0 Å². The van der Waals surface area contributed by atoms with E-state index in [-0.39, 0.29) is 5.75 Å². The summed E-state index contributed by atoms with van der Waals surface area (Å²) < 4.78 is 1.19. The van der Waals surface area contributed by atoms with Gasteiger partial charge in [0.1, 0.15) is 0 Å². The first-order valence-electron chi connectivity index (χ1n) is 14.6. The van der Waals surface area contributed by atoms with Gasteiger partial charge >= 0.3 is 0 Å². The molecule has 198 valence electrons. The fourth-order valence-corrected chi connectivity index (χ4v) is 4.36. The van der Waals surface area contributed by atoms with E-state index in [1.807, 2.05) is 42.5 Å². The maximum atomic E-state index is 11.4. The van der Waals surface area contributed by atoms with Gasteiger partial charge in [-0.15, -0.1) is 5.75 Å². The number of rotatable bonds is 18. The second kappa shape index (κ2) is 20.4. The van der Waals surface area contributed by atoms with E-state index in [2.05, 4.69) is 27.9 Å². The Morgan fingerprint density at radius 3 is 1.51 bits per heavy atom. The van der Waals surface area contributed by atoms with E-state index >= 15 is 0 Å². The summed E-state index contributed by atoms with van der Waals surface area (Å²) in [5.41, 5.74) is 2.04. The topological polar surface area (TPSA) is 23.1 Å². The summed E-state index contributed by atoms with van der Waals surface area (Å²) in [5.74, 6) is 0.122. The highest BCUT2D eigenvalue weighted by atomic mass is 16.3. The maximum absolute atomic E-state index is 11.4. The zero-order valence-electron chi connectivity index (χ0n) is 23.6. The number of quaternary nitrogens is 1. The van der Waals surface area contributed by atoms with Gasteiger partial charge in [-0.25, -0.2) is 0 Å². The first kappa shape index (κ1) is 31.2. The van der Waals surface area contributed by atoms with Gasteiger partial charge in [-0.2, -0.15) is 0 Å². The molecule has 2 aromatic rings. The van der Waals surface area contributed by atoms with Crippen LogP contribution in [-0.2, 0) is 6.42 Å². The van der Waals surface area contributed by atoms with E-state index in [4.69, 9.17) is 0 Å². The van der Waals surface area contributed by atoms with Crippen molar-refractivity contribution < 1.29 is 9.59 Å². The Bertz CT molecular complexity index is 725. The van der Waals surface area contributed by atoms with E-state index in [0.717, 1.165) is 12.0 Å². The predicted molar refractivity (Wildman–Crippen MR) is 153 cm³/mol. The van der Waals surface area contributed by atoms with Crippen LogP contribution in [0.2, 0.25) is 0 Å². The van der Waals surface area contributed by atoms with Crippen LogP contribution in [0.25, 0.3) is 0 Å². The molecule has 0 aromatic heterocycles. The Morgan fingerprint density at radius 2 is 1.03 bits per heavy atom. The SMILES string of the molecule is CCCCCCCCCCCCCCCC[N+](C)(C)CC.[O-]c1ccccc1Cc1ccccc1. The average molecular weight is 482 g/mol.